The Bertz CT molecular complexity index is 1020. The minimum Gasteiger partial charge on any atom is -0.321 e. The van der Waals surface area contributed by atoms with Crippen molar-refractivity contribution < 1.29 is 13.2 Å². The van der Waals surface area contributed by atoms with Crippen molar-refractivity contribution in [3.05, 3.63) is 41.2 Å². The van der Waals surface area contributed by atoms with Crippen LogP contribution in [0.5, 0.6) is 0 Å². The van der Waals surface area contributed by atoms with Crippen LogP contribution in [0.4, 0.5) is 11.4 Å². The minimum absolute atomic E-state index is 0.186. The van der Waals surface area contributed by atoms with Gasteiger partial charge in [0.1, 0.15) is 0 Å². The molecule has 156 valence electrons. The fraction of sp³-hybridized carbons (Fsp3) is 0.524. The normalized spacial score (nSPS) is 21.1. The van der Waals surface area contributed by atoms with E-state index >= 15 is 0 Å². The van der Waals surface area contributed by atoms with Gasteiger partial charge in [-0.3, -0.25) is 14.2 Å². The average Bonchev–Trinajstić information content (AvgIpc) is 3.23. The van der Waals surface area contributed by atoms with Crippen LogP contribution in [0.1, 0.15) is 55.4 Å². The summed E-state index contributed by atoms with van der Waals surface area (Å²) in [4.78, 5) is 12.8. The van der Waals surface area contributed by atoms with E-state index in [1.165, 1.54) is 4.31 Å². The molecule has 29 heavy (non-hydrogen) atoms. The van der Waals surface area contributed by atoms with E-state index in [0.717, 1.165) is 30.5 Å². The van der Waals surface area contributed by atoms with Gasteiger partial charge in [0.05, 0.1) is 11.4 Å². The van der Waals surface area contributed by atoms with Crippen molar-refractivity contribution in [2.24, 2.45) is 11.3 Å². The second kappa shape index (κ2) is 7.16. The summed E-state index contributed by atoms with van der Waals surface area (Å²) in [6.45, 7) is 7.22. The van der Waals surface area contributed by atoms with Crippen molar-refractivity contribution >= 4 is 27.3 Å². The fourth-order valence-electron chi connectivity index (χ4n) is 4.25. The van der Waals surface area contributed by atoms with Crippen molar-refractivity contribution in [1.82, 2.24) is 10.2 Å². The van der Waals surface area contributed by atoms with E-state index in [1.807, 2.05) is 0 Å². The van der Waals surface area contributed by atoms with Crippen molar-refractivity contribution in [1.29, 1.82) is 0 Å². The van der Waals surface area contributed by atoms with Crippen LogP contribution < -0.4 is 9.62 Å². The lowest BCUT2D eigenvalue weighted by Gasteiger charge is -2.33. The second-order valence-corrected chi connectivity index (χ2v) is 11.1. The molecule has 7 nitrogen and oxygen atoms in total. The number of fused-ring (bicyclic) bond motifs is 1. The largest absolute Gasteiger partial charge is 0.321 e. The van der Waals surface area contributed by atoms with Gasteiger partial charge in [-0.05, 0) is 61.3 Å². The highest BCUT2D eigenvalue weighted by atomic mass is 32.2. The van der Waals surface area contributed by atoms with Gasteiger partial charge in [0.2, 0.25) is 10.0 Å². The molecule has 2 N–H and O–H groups in total. The van der Waals surface area contributed by atoms with E-state index in [0.29, 0.717) is 36.0 Å². The maximum absolute atomic E-state index is 12.8. The molecule has 0 saturated carbocycles. The van der Waals surface area contributed by atoms with Gasteiger partial charge in [0.25, 0.3) is 5.91 Å². The van der Waals surface area contributed by atoms with Crippen LogP contribution in [-0.4, -0.2) is 36.8 Å². The number of nitrogens with zero attached hydrogens (tertiary/aromatic N) is 2. The molecular weight excluding hydrogens is 388 g/mol. The first-order valence-corrected chi connectivity index (χ1v) is 11.7. The van der Waals surface area contributed by atoms with Gasteiger partial charge < -0.3 is 5.32 Å². The van der Waals surface area contributed by atoms with Crippen LogP contribution in [-0.2, 0) is 22.9 Å². The van der Waals surface area contributed by atoms with Gasteiger partial charge in [0.15, 0.2) is 5.69 Å². The van der Waals surface area contributed by atoms with E-state index in [4.69, 9.17) is 0 Å². The predicted octanol–water partition coefficient (Wildman–Crippen LogP) is 3.35. The van der Waals surface area contributed by atoms with Crippen molar-refractivity contribution in [2.45, 2.75) is 46.5 Å². The Morgan fingerprint density at radius 2 is 1.97 bits per heavy atom. The summed E-state index contributed by atoms with van der Waals surface area (Å²) in [6, 6.07) is 6.93. The topological polar surface area (TPSA) is 95.2 Å². The molecule has 0 bridgehead atoms. The highest BCUT2D eigenvalue weighted by Gasteiger charge is 2.33. The number of amides is 1. The molecular formula is C21H28N4O3S. The number of carbonyl (C=O) groups is 1. The molecule has 2 aliphatic rings. The van der Waals surface area contributed by atoms with Crippen LogP contribution in [0.2, 0.25) is 0 Å². The number of hydrogen-bond donors (Lipinski definition) is 2. The predicted molar refractivity (Wildman–Crippen MR) is 114 cm³/mol. The van der Waals surface area contributed by atoms with Gasteiger partial charge >= 0.3 is 0 Å². The summed E-state index contributed by atoms with van der Waals surface area (Å²) in [6.07, 6.45) is 3.50. The zero-order valence-corrected chi connectivity index (χ0v) is 18.0. The Balaban J connectivity index is 1.49. The summed E-state index contributed by atoms with van der Waals surface area (Å²) < 4.78 is 25.5. The summed E-state index contributed by atoms with van der Waals surface area (Å²) in [5.74, 6) is 0.463. The quantitative estimate of drug-likeness (QED) is 0.802. The highest BCUT2D eigenvalue weighted by molar-refractivity contribution is 7.93. The number of H-pyrrole nitrogens is 1. The number of benzene rings is 1. The molecule has 4 rings (SSSR count). The lowest BCUT2D eigenvalue weighted by molar-refractivity contribution is 0.102. The third-order valence-corrected chi connectivity index (χ3v) is 7.97. The Morgan fingerprint density at radius 3 is 2.59 bits per heavy atom. The molecule has 2 aromatic rings. The van der Waals surface area contributed by atoms with Gasteiger partial charge in [-0.15, -0.1) is 0 Å². The van der Waals surface area contributed by atoms with Gasteiger partial charge in [0, 0.05) is 23.5 Å². The van der Waals surface area contributed by atoms with Crippen LogP contribution in [0, 0.1) is 11.3 Å². The van der Waals surface area contributed by atoms with Gasteiger partial charge in [-0.2, -0.15) is 5.10 Å². The lowest BCUT2D eigenvalue weighted by Crippen LogP contribution is -2.28. The first-order chi connectivity index (χ1) is 13.6. The molecule has 1 aromatic carbocycles. The zero-order valence-electron chi connectivity index (χ0n) is 17.2. The number of aromatic amines is 1. The molecule has 1 amide bonds. The molecule has 0 spiro atoms. The number of anilines is 2. The molecule has 2 heterocycles. The maximum atomic E-state index is 12.8. The van der Waals surface area contributed by atoms with Crippen molar-refractivity contribution in [3.63, 3.8) is 0 Å². The van der Waals surface area contributed by atoms with E-state index in [-0.39, 0.29) is 17.1 Å². The standard InChI is InChI=1S/C21H28N4O3S/c1-21(2,3)14-5-10-18-17(13-14)19(24-23-18)20(26)22-15-6-8-16(9-7-15)25-11-4-12-29(25,27)28/h6-9,14H,4-5,10-13H2,1-3H3,(H,22,26)(H,23,24)/t14-/m1/s1. The van der Waals surface area contributed by atoms with E-state index in [9.17, 15) is 13.2 Å². The summed E-state index contributed by atoms with van der Waals surface area (Å²) in [5.41, 5.74) is 3.98. The third-order valence-electron chi connectivity index (χ3n) is 6.10. The first kappa shape index (κ1) is 19.9. The molecule has 1 atom stereocenters. The number of sulfonamides is 1. The number of nitrogens with one attached hydrogen (secondary N) is 2. The van der Waals surface area contributed by atoms with Gasteiger partial charge in [-0.25, -0.2) is 8.42 Å². The number of carbonyl (C=O) groups excluding carboxylic acids is 1. The number of rotatable bonds is 3. The second-order valence-electron chi connectivity index (χ2n) is 9.08. The summed E-state index contributed by atoms with van der Waals surface area (Å²) in [7, 11) is -3.21. The SMILES string of the molecule is CC(C)(C)[C@@H]1CCc2[nH]nc(C(=O)Nc3ccc(N4CCCS4(=O)=O)cc3)c2C1. The minimum atomic E-state index is -3.21. The molecule has 0 unspecified atom stereocenters. The monoisotopic (exact) mass is 416 g/mol. The molecule has 0 radical (unpaired) electrons. The number of aromatic nitrogens is 2. The molecule has 1 aliphatic heterocycles. The Morgan fingerprint density at radius 1 is 1.24 bits per heavy atom. The van der Waals surface area contributed by atoms with Crippen LogP contribution in [0.25, 0.3) is 0 Å². The summed E-state index contributed by atoms with van der Waals surface area (Å²) in [5, 5.41) is 10.2. The summed E-state index contributed by atoms with van der Waals surface area (Å²) >= 11 is 0. The maximum Gasteiger partial charge on any atom is 0.276 e. The fourth-order valence-corrected chi connectivity index (χ4v) is 5.82. The van der Waals surface area contributed by atoms with Gasteiger partial charge in [-0.1, -0.05) is 20.8 Å². The third kappa shape index (κ3) is 3.90. The Hall–Kier alpha value is -2.35. The van der Waals surface area contributed by atoms with Crippen LogP contribution in [0.3, 0.4) is 0 Å². The number of aryl methyl sites for hydroxylation is 1. The average molecular weight is 417 g/mol. The lowest BCUT2D eigenvalue weighted by atomic mass is 9.71. The first-order valence-electron chi connectivity index (χ1n) is 10.1. The highest BCUT2D eigenvalue weighted by Crippen LogP contribution is 2.37. The smallest absolute Gasteiger partial charge is 0.276 e. The Labute approximate surface area is 171 Å². The Kier molecular flexibility index (Phi) is 4.93. The van der Waals surface area contributed by atoms with E-state index < -0.39 is 10.0 Å². The zero-order chi connectivity index (χ0) is 20.8. The molecule has 1 aromatic heterocycles. The number of hydrogen-bond acceptors (Lipinski definition) is 4. The van der Waals surface area contributed by atoms with Crippen LogP contribution >= 0.6 is 0 Å². The van der Waals surface area contributed by atoms with Crippen molar-refractivity contribution in [2.75, 3.05) is 21.9 Å². The molecule has 1 aliphatic carbocycles. The van der Waals surface area contributed by atoms with Crippen molar-refractivity contribution in [3.8, 4) is 0 Å². The molecule has 8 heteroatoms. The van der Waals surface area contributed by atoms with Crippen LogP contribution in [0.15, 0.2) is 24.3 Å². The van der Waals surface area contributed by atoms with E-state index in [1.54, 1.807) is 24.3 Å². The van der Waals surface area contributed by atoms with E-state index in [2.05, 4.69) is 36.3 Å². The molecule has 1 saturated heterocycles. The molecule has 1 fully saturated rings.